The summed E-state index contributed by atoms with van der Waals surface area (Å²) in [6.07, 6.45) is 3.03. The maximum atomic E-state index is 11.6. The zero-order valence-corrected chi connectivity index (χ0v) is 11.0. The SMILES string of the molecule is [CH2]CCCC(CC=O)NC(=O)OCc1ccccc1. The van der Waals surface area contributed by atoms with Crippen LogP contribution in [0.1, 0.15) is 31.2 Å². The van der Waals surface area contributed by atoms with E-state index in [0.29, 0.717) is 6.42 Å². The van der Waals surface area contributed by atoms with Gasteiger partial charge in [0.25, 0.3) is 0 Å². The predicted molar refractivity (Wildman–Crippen MR) is 73.4 cm³/mol. The lowest BCUT2D eigenvalue weighted by atomic mass is 10.1. The topological polar surface area (TPSA) is 55.4 Å². The van der Waals surface area contributed by atoms with Gasteiger partial charge < -0.3 is 14.8 Å². The number of carbonyl (C=O) groups excluding carboxylic acids is 2. The molecule has 1 amide bonds. The van der Waals surface area contributed by atoms with Crippen LogP contribution in [0.3, 0.4) is 0 Å². The molecule has 0 saturated carbocycles. The Morgan fingerprint density at radius 1 is 1.37 bits per heavy atom. The molecule has 0 aliphatic rings. The van der Waals surface area contributed by atoms with Gasteiger partial charge in [0.1, 0.15) is 12.9 Å². The highest BCUT2D eigenvalue weighted by Crippen LogP contribution is 2.05. The number of hydrogen-bond acceptors (Lipinski definition) is 3. The zero-order valence-electron chi connectivity index (χ0n) is 11.0. The van der Waals surface area contributed by atoms with Crippen molar-refractivity contribution in [3.63, 3.8) is 0 Å². The number of benzene rings is 1. The minimum absolute atomic E-state index is 0.164. The number of ether oxygens (including phenoxy) is 1. The first-order valence-electron chi connectivity index (χ1n) is 6.46. The Morgan fingerprint density at radius 3 is 2.74 bits per heavy atom. The smallest absolute Gasteiger partial charge is 0.407 e. The molecule has 1 rings (SSSR count). The summed E-state index contributed by atoms with van der Waals surface area (Å²) in [6, 6.07) is 9.29. The van der Waals surface area contributed by atoms with Crippen molar-refractivity contribution < 1.29 is 14.3 Å². The lowest BCUT2D eigenvalue weighted by molar-refractivity contribution is -0.108. The van der Waals surface area contributed by atoms with Crippen LogP contribution in [-0.2, 0) is 16.1 Å². The third-order valence-electron chi connectivity index (χ3n) is 2.72. The molecule has 0 spiro atoms. The van der Waals surface area contributed by atoms with Gasteiger partial charge in [-0.1, -0.05) is 50.1 Å². The van der Waals surface area contributed by atoms with Gasteiger partial charge in [-0.3, -0.25) is 0 Å². The summed E-state index contributed by atoms with van der Waals surface area (Å²) in [5.74, 6) is 0. The van der Waals surface area contributed by atoms with Gasteiger partial charge in [-0.25, -0.2) is 4.79 Å². The maximum Gasteiger partial charge on any atom is 0.407 e. The lowest BCUT2D eigenvalue weighted by Crippen LogP contribution is -2.35. The Morgan fingerprint density at radius 2 is 2.11 bits per heavy atom. The fourth-order valence-corrected chi connectivity index (χ4v) is 1.69. The Bertz CT molecular complexity index is 378. The van der Waals surface area contributed by atoms with E-state index in [1.165, 1.54) is 0 Å². The van der Waals surface area contributed by atoms with Crippen molar-refractivity contribution in [1.82, 2.24) is 5.32 Å². The van der Waals surface area contributed by atoms with Gasteiger partial charge in [-0.15, -0.1) is 0 Å². The van der Waals surface area contributed by atoms with E-state index in [0.717, 1.165) is 31.1 Å². The van der Waals surface area contributed by atoms with Crippen molar-refractivity contribution in [2.24, 2.45) is 0 Å². The molecule has 0 bridgehead atoms. The molecule has 19 heavy (non-hydrogen) atoms. The molecule has 1 N–H and O–H groups in total. The summed E-state index contributed by atoms with van der Waals surface area (Å²) in [6.45, 7) is 3.97. The van der Waals surface area contributed by atoms with Gasteiger partial charge in [0, 0.05) is 12.5 Å². The number of amides is 1. The molecular weight excluding hydrogens is 242 g/mol. The second-order valence-electron chi connectivity index (χ2n) is 4.30. The van der Waals surface area contributed by atoms with Crippen LogP contribution in [0.2, 0.25) is 0 Å². The highest BCUT2D eigenvalue weighted by molar-refractivity contribution is 5.68. The highest BCUT2D eigenvalue weighted by Gasteiger charge is 2.12. The van der Waals surface area contributed by atoms with Crippen molar-refractivity contribution in [3.8, 4) is 0 Å². The number of unbranched alkanes of at least 4 members (excludes halogenated alkanes) is 1. The first kappa shape index (κ1) is 15.2. The Labute approximate surface area is 114 Å². The fourth-order valence-electron chi connectivity index (χ4n) is 1.69. The van der Waals surface area contributed by atoms with Crippen molar-refractivity contribution in [2.75, 3.05) is 0 Å². The van der Waals surface area contributed by atoms with Gasteiger partial charge in [0.05, 0.1) is 0 Å². The Kier molecular flexibility index (Phi) is 7.32. The third kappa shape index (κ3) is 6.60. The highest BCUT2D eigenvalue weighted by atomic mass is 16.5. The van der Waals surface area contributed by atoms with Gasteiger partial charge in [0.2, 0.25) is 0 Å². The van der Waals surface area contributed by atoms with Crippen LogP contribution in [0.15, 0.2) is 30.3 Å². The van der Waals surface area contributed by atoms with Gasteiger partial charge in [-0.05, 0) is 12.0 Å². The average Bonchev–Trinajstić information content (AvgIpc) is 2.44. The molecule has 0 aliphatic carbocycles. The summed E-state index contributed by atoms with van der Waals surface area (Å²) in [7, 11) is 0. The van der Waals surface area contributed by atoms with Crippen LogP contribution < -0.4 is 5.32 Å². The summed E-state index contributed by atoms with van der Waals surface area (Å²) in [5.41, 5.74) is 0.933. The minimum Gasteiger partial charge on any atom is -0.445 e. The van der Waals surface area contributed by atoms with Crippen LogP contribution in [0.25, 0.3) is 0 Å². The molecule has 1 radical (unpaired) electrons. The van der Waals surface area contributed by atoms with E-state index >= 15 is 0 Å². The summed E-state index contributed by atoms with van der Waals surface area (Å²) < 4.78 is 5.10. The number of nitrogens with one attached hydrogen (secondary N) is 1. The van der Waals surface area contributed by atoms with Crippen LogP contribution in [0.4, 0.5) is 4.79 Å². The van der Waals surface area contributed by atoms with E-state index in [1.807, 2.05) is 30.3 Å². The van der Waals surface area contributed by atoms with E-state index in [9.17, 15) is 9.59 Å². The van der Waals surface area contributed by atoms with Crippen LogP contribution >= 0.6 is 0 Å². The molecule has 4 heteroatoms. The summed E-state index contributed by atoms with van der Waals surface area (Å²) in [5, 5.41) is 2.70. The molecule has 0 heterocycles. The molecule has 0 saturated heterocycles. The van der Waals surface area contributed by atoms with E-state index in [1.54, 1.807) is 0 Å². The van der Waals surface area contributed by atoms with E-state index in [-0.39, 0.29) is 12.6 Å². The molecule has 1 aromatic rings. The number of carbonyl (C=O) groups is 2. The zero-order chi connectivity index (χ0) is 13.9. The predicted octanol–water partition coefficient (Wildman–Crippen LogP) is 2.87. The standard InChI is InChI=1S/C15H20NO3/c1-2-3-9-14(10-11-17)16-15(18)19-12-13-7-5-4-6-8-13/h4-8,11,14H,1-3,9-10,12H2,(H,16,18). The van der Waals surface area contributed by atoms with Crippen LogP contribution in [0.5, 0.6) is 0 Å². The monoisotopic (exact) mass is 262 g/mol. The molecule has 1 atom stereocenters. The van der Waals surface area contributed by atoms with Gasteiger partial charge in [-0.2, -0.15) is 0 Å². The van der Waals surface area contributed by atoms with E-state index in [2.05, 4.69) is 12.2 Å². The van der Waals surface area contributed by atoms with Crippen molar-refractivity contribution in [2.45, 2.75) is 38.3 Å². The van der Waals surface area contributed by atoms with Gasteiger partial charge >= 0.3 is 6.09 Å². The molecule has 0 fully saturated rings. The molecule has 1 unspecified atom stereocenters. The number of rotatable bonds is 8. The van der Waals surface area contributed by atoms with Gasteiger partial charge in [0.15, 0.2) is 0 Å². The number of aldehydes is 1. The normalized spacial score (nSPS) is 11.6. The van der Waals surface area contributed by atoms with Crippen molar-refractivity contribution >= 4 is 12.4 Å². The van der Waals surface area contributed by atoms with Crippen LogP contribution in [-0.4, -0.2) is 18.4 Å². The molecule has 0 aliphatic heterocycles. The first-order chi connectivity index (χ1) is 9.26. The van der Waals surface area contributed by atoms with Crippen LogP contribution in [0, 0.1) is 6.92 Å². The average molecular weight is 262 g/mol. The molecule has 1 aromatic carbocycles. The first-order valence-corrected chi connectivity index (χ1v) is 6.46. The Balaban J connectivity index is 2.33. The molecule has 103 valence electrons. The molecular formula is C15H20NO3. The lowest BCUT2D eigenvalue weighted by Gasteiger charge is -2.15. The van der Waals surface area contributed by atoms with Crippen molar-refractivity contribution in [3.05, 3.63) is 42.8 Å². The summed E-state index contributed by atoms with van der Waals surface area (Å²) in [4.78, 5) is 22.1. The maximum absolute atomic E-state index is 11.6. The fraction of sp³-hybridized carbons (Fsp3) is 0.400. The minimum atomic E-state index is -0.486. The molecule has 4 nitrogen and oxygen atoms in total. The number of hydrogen-bond donors (Lipinski definition) is 1. The quantitative estimate of drug-likeness (QED) is 0.733. The Hall–Kier alpha value is -1.84. The second kappa shape index (κ2) is 9.14. The molecule has 0 aromatic heterocycles. The summed E-state index contributed by atoms with van der Waals surface area (Å²) >= 11 is 0. The third-order valence-corrected chi connectivity index (χ3v) is 2.72. The number of alkyl carbamates (subject to hydrolysis) is 1. The largest absolute Gasteiger partial charge is 0.445 e. The van der Waals surface area contributed by atoms with E-state index < -0.39 is 6.09 Å². The van der Waals surface area contributed by atoms with Crippen molar-refractivity contribution in [1.29, 1.82) is 0 Å². The van der Waals surface area contributed by atoms with E-state index in [4.69, 9.17) is 4.74 Å². The second-order valence-corrected chi connectivity index (χ2v) is 4.30.